The van der Waals surface area contributed by atoms with E-state index in [9.17, 15) is 4.79 Å². The van der Waals surface area contributed by atoms with Crippen LogP contribution in [-0.2, 0) is 0 Å². The first-order valence-corrected chi connectivity index (χ1v) is 6.95. The number of carbonyl (C=O) groups excluding carboxylic acids is 1. The molecule has 1 amide bonds. The Kier molecular flexibility index (Phi) is 3.59. The highest BCUT2D eigenvalue weighted by Crippen LogP contribution is 2.25. The summed E-state index contributed by atoms with van der Waals surface area (Å²) in [6.45, 7) is 2.00. The van der Waals surface area contributed by atoms with Crippen LogP contribution in [0.4, 0.5) is 5.69 Å². The number of aromatic nitrogens is 1. The molecule has 3 rings (SSSR count). The lowest BCUT2D eigenvalue weighted by molar-refractivity contribution is 0.102. The molecule has 0 aliphatic rings. The van der Waals surface area contributed by atoms with Crippen LogP contribution in [0.15, 0.2) is 54.7 Å². The molecule has 0 unspecified atom stereocenters. The Labute approximate surface area is 127 Å². The van der Waals surface area contributed by atoms with E-state index in [4.69, 9.17) is 11.6 Å². The van der Waals surface area contributed by atoms with Crippen molar-refractivity contribution in [3.05, 3.63) is 70.9 Å². The van der Waals surface area contributed by atoms with Gasteiger partial charge in [0.2, 0.25) is 0 Å². The lowest BCUT2D eigenvalue weighted by Gasteiger charge is -2.10. The number of nitrogens with zero attached hydrogens (tertiary/aromatic N) is 1. The molecule has 2 aromatic carbocycles. The number of anilines is 1. The van der Waals surface area contributed by atoms with Crippen LogP contribution in [0.3, 0.4) is 0 Å². The van der Waals surface area contributed by atoms with Gasteiger partial charge in [-0.15, -0.1) is 0 Å². The van der Waals surface area contributed by atoms with Crippen LogP contribution in [0.25, 0.3) is 10.9 Å². The molecule has 1 heterocycles. The number of aryl methyl sites for hydroxylation is 1. The summed E-state index contributed by atoms with van der Waals surface area (Å²) in [5.74, 6) is -0.227. The Balaban J connectivity index is 2.01. The van der Waals surface area contributed by atoms with Crippen LogP contribution in [0, 0.1) is 6.92 Å². The third kappa shape index (κ3) is 2.60. The quantitative estimate of drug-likeness (QED) is 0.759. The van der Waals surface area contributed by atoms with Gasteiger partial charge >= 0.3 is 0 Å². The first-order valence-electron chi connectivity index (χ1n) is 6.57. The summed E-state index contributed by atoms with van der Waals surface area (Å²) in [6, 6.07) is 14.6. The minimum atomic E-state index is -0.227. The Morgan fingerprint density at radius 3 is 2.71 bits per heavy atom. The molecule has 3 aromatic rings. The Morgan fingerprint density at radius 1 is 1.10 bits per heavy atom. The topological polar surface area (TPSA) is 42.0 Å². The minimum Gasteiger partial charge on any atom is -0.321 e. The van der Waals surface area contributed by atoms with Crippen molar-refractivity contribution in [2.24, 2.45) is 0 Å². The highest BCUT2D eigenvalue weighted by molar-refractivity contribution is 6.34. The average molecular weight is 297 g/mol. The van der Waals surface area contributed by atoms with E-state index in [2.05, 4.69) is 10.3 Å². The number of fused-ring (bicyclic) bond motifs is 1. The number of rotatable bonds is 2. The maximum Gasteiger partial charge on any atom is 0.257 e. The predicted molar refractivity (Wildman–Crippen MR) is 85.9 cm³/mol. The largest absolute Gasteiger partial charge is 0.321 e. The third-order valence-corrected chi connectivity index (χ3v) is 3.67. The molecule has 0 radical (unpaired) electrons. The number of carbonyl (C=O) groups is 1. The van der Waals surface area contributed by atoms with Crippen molar-refractivity contribution in [2.75, 3.05) is 5.32 Å². The molecule has 21 heavy (non-hydrogen) atoms. The van der Waals surface area contributed by atoms with Gasteiger partial charge in [-0.2, -0.15) is 0 Å². The highest BCUT2D eigenvalue weighted by Gasteiger charge is 2.12. The van der Waals surface area contributed by atoms with E-state index in [1.807, 2.05) is 31.2 Å². The second kappa shape index (κ2) is 5.54. The van der Waals surface area contributed by atoms with E-state index in [1.165, 1.54) is 0 Å². The first-order chi connectivity index (χ1) is 10.2. The molecule has 0 aliphatic heterocycles. The average Bonchev–Trinajstić information content (AvgIpc) is 2.51. The summed E-state index contributed by atoms with van der Waals surface area (Å²) >= 11 is 6.06. The molecule has 0 atom stereocenters. The molecule has 0 spiro atoms. The predicted octanol–water partition coefficient (Wildman–Crippen LogP) is 4.45. The van der Waals surface area contributed by atoms with Crippen molar-refractivity contribution in [2.45, 2.75) is 6.92 Å². The molecule has 0 saturated carbocycles. The standard InChI is InChI=1S/C17H13ClN2O/c1-11-8-9-15(13-6-4-10-19-16(11)13)20-17(21)12-5-2-3-7-14(12)18/h2-10H,1H3,(H,20,21). The van der Waals surface area contributed by atoms with E-state index in [1.54, 1.807) is 30.5 Å². The fraction of sp³-hybridized carbons (Fsp3) is 0.0588. The van der Waals surface area contributed by atoms with Gasteiger partial charge in [0, 0.05) is 11.6 Å². The van der Waals surface area contributed by atoms with Crippen LogP contribution in [0.2, 0.25) is 5.02 Å². The van der Waals surface area contributed by atoms with Crippen molar-refractivity contribution >= 4 is 34.1 Å². The second-order valence-corrected chi connectivity index (χ2v) is 5.17. The Hall–Kier alpha value is -2.39. The molecule has 3 nitrogen and oxygen atoms in total. The monoisotopic (exact) mass is 296 g/mol. The van der Waals surface area contributed by atoms with Crippen molar-refractivity contribution in [3.63, 3.8) is 0 Å². The zero-order valence-corrected chi connectivity index (χ0v) is 12.2. The molecular formula is C17H13ClN2O. The van der Waals surface area contributed by atoms with Crippen LogP contribution in [0.1, 0.15) is 15.9 Å². The van der Waals surface area contributed by atoms with Gasteiger partial charge in [-0.25, -0.2) is 0 Å². The zero-order chi connectivity index (χ0) is 14.8. The number of pyridine rings is 1. The molecule has 0 bridgehead atoms. The number of hydrogen-bond acceptors (Lipinski definition) is 2. The number of hydrogen-bond donors (Lipinski definition) is 1. The summed E-state index contributed by atoms with van der Waals surface area (Å²) in [5.41, 5.74) is 3.14. The summed E-state index contributed by atoms with van der Waals surface area (Å²) in [4.78, 5) is 16.7. The van der Waals surface area contributed by atoms with Gasteiger partial charge < -0.3 is 5.32 Å². The van der Waals surface area contributed by atoms with Gasteiger partial charge in [0.1, 0.15) is 0 Å². The molecule has 0 aliphatic carbocycles. The van der Waals surface area contributed by atoms with Gasteiger partial charge in [-0.05, 0) is 42.8 Å². The molecule has 104 valence electrons. The van der Waals surface area contributed by atoms with E-state index in [-0.39, 0.29) is 5.91 Å². The normalized spacial score (nSPS) is 10.6. The molecule has 1 N–H and O–H groups in total. The van der Waals surface area contributed by atoms with Crippen LogP contribution < -0.4 is 5.32 Å². The van der Waals surface area contributed by atoms with Crippen LogP contribution in [-0.4, -0.2) is 10.9 Å². The number of halogens is 1. The van der Waals surface area contributed by atoms with Crippen molar-refractivity contribution < 1.29 is 4.79 Å². The molecule has 1 aromatic heterocycles. The van der Waals surface area contributed by atoms with Crippen molar-refractivity contribution in [1.82, 2.24) is 4.98 Å². The smallest absolute Gasteiger partial charge is 0.257 e. The van der Waals surface area contributed by atoms with Crippen LogP contribution >= 0.6 is 11.6 Å². The summed E-state index contributed by atoms with van der Waals surface area (Å²) in [5, 5.41) is 4.26. The summed E-state index contributed by atoms with van der Waals surface area (Å²) in [6.07, 6.45) is 1.75. The summed E-state index contributed by atoms with van der Waals surface area (Å²) in [7, 11) is 0. The van der Waals surface area contributed by atoms with Gasteiger partial charge in [0.05, 0.1) is 21.8 Å². The lowest BCUT2D eigenvalue weighted by Crippen LogP contribution is -2.12. The SMILES string of the molecule is Cc1ccc(NC(=O)c2ccccc2Cl)c2cccnc12. The summed E-state index contributed by atoms with van der Waals surface area (Å²) < 4.78 is 0. The Morgan fingerprint density at radius 2 is 1.90 bits per heavy atom. The second-order valence-electron chi connectivity index (χ2n) is 4.76. The van der Waals surface area contributed by atoms with Crippen molar-refractivity contribution in [1.29, 1.82) is 0 Å². The molecular weight excluding hydrogens is 284 g/mol. The number of amides is 1. The highest BCUT2D eigenvalue weighted by atomic mass is 35.5. The number of benzene rings is 2. The number of nitrogens with one attached hydrogen (secondary N) is 1. The van der Waals surface area contributed by atoms with Gasteiger partial charge in [0.15, 0.2) is 0 Å². The third-order valence-electron chi connectivity index (χ3n) is 3.34. The maximum atomic E-state index is 12.3. The van der Waals surface area contributed by atoms with Gasteiger partial charge in [-0.3, -0.25) is 9.78 Å². The Bertz CT molecular complexity index is 830. The van der Waals surface area contributed by atoms with Crippen molar-refractivity contribution in [3.8, 4) is 0 Å². The van der Waals surface area contributed by atoms with E-state index >= 15 is 0 Å². The zero-order valence-electron chi connectivity index (χ0n) is 11.4. The molecule has 4 heteroatoms. The first kappa shape index (κ1) is 13.6. The van der Waals surface area contributed by atoms with Crippen LogP contribution in [0.5, 0.6) is 0 Å². The van der Waals surface area contributed by atoms with Gasteiger partial charge in [0.25, 0.3) is 5.91 Å². The minimum absolute atomic E-state index is 0.227. The fourth-order valence-corrected chi connectivity index (χ4v) is 2.48. The lowest BCUT2D eigenvalue weighted by atomic mass is 10.1. The van der Waals surface area contributed by atoms with E-state index in [0.29, 0.717) is 10.6 Å². The van der Waals surface area contributed by atoms with E-state index in [0.717, 1.165) is 22.2 Å². The fourth-order valence-electron chi connectivity index (χ4n) is 2.26. The van der Waals surface area contributed by atoms with Gasteiger partial charge in [-0.1, -0.05) is 29.8 Å². The van der Waals surface area contributed by atoms with E-state index < -0.39 is 0 Å². The maximum absolute atomic E-state index is 12.3. The molecule has 0 fully saturated rings. The molecule has 0 saturated heterocycles.